The van der Waals surface area contributed by atoms with Crippen LogP contribution in [0.1, 0.15) is 11.6 Å². The largest absolute Gasteiger partial charge is 0.496 e. The molecule has 0 aliphatic heterocycles. The van der Waals surface area contributed by atoms with Gasteiger partial charge in [0.1, 0.15) is 5.75 Å². The maximum absolute atomic E-state index is 12.1. The maximum Gasteiger partial charge on any atom is 0.401 e. The highest BCUT2D eigenvalue weighted by Gasteiger charge is 2.28. The molecule has 0 saturated heterocycles. The molecule has 0 saturated carbocycles. The number of benzene rings is 1. The van der Waals surface area contributed by atoms with Crippen LogP contribution in [0.3, 0.4) is 0 Å². The quantitative estimate of drug-likeness (QED) is 0.837. The molecule has 6 heteroatoms. The third-order valence-electron chi connectivity index (χ3n) is 2.25. The van der Waals surface area contributed by atoms with Crippen molar-refractivity contribution in [1.29, 1.82) is 0 Å². The highest BCUT2D eigenvalue weighted by atomic mass is 19.4. The van der Waals surface area contributed by atoms with Crippen LogP contribution in [0.15, 0.2) is 24.3 Å². The van der Waals surface area contributed by atoms with Crippen LogP contribution in [-0.4, -0.2) is 31.5 Å². The van der Waals surface area contributed by atoms with Crippen molar-refractivity contribution in [3.63, 3.8) is 0 Å². The fourth-order valence-electron chi connectivity index (χ4n) is 1.47. The zero-order valence-electron chi connectivity index (χ0n) is 9.29. The number of aliphatic hydroxyl groups is 1. The fraction of sp³-hybridized carbons (Fsp3) is 0.455. The summed E-state index contributed by atoms with van der Waals surface area (Å²) in [6, 6.07) is 5.83. The Morgan fingerprint density at radius 1 is 1.35 bits per heavy atom. The Hall–Kier alpha value is -1.27. The molecule has 0 aromatic heterocycles. The lowest BCUT2D eigenvalue weighted by Gasteiger charge is -2.20. The molecule has 1 atom stereocenters. The Labute approximate surface area is 97.2 Å². The summed E-state index contributed by atoms with van der Waals surface area (Å²) in [4.78, 5) is 0. The molecule has 96 valence electrons. The number of methoxy groups -OCH3 is 1. The maximum atomic E-state index is 12.1. The van der Waals surface area contributed by atoms with Gasteiger partial charge in [0.2, 0.25) is 0 Å². The molecule has 0 amide bonds. The van der Waals surface area contributed by atoms with Gasteiger partial charge in [-0.1, -0.05) is 18.2 Å². The number of hydrogen-bond donors (Lipinski definition) is 2. The highest BCUT2D eigenvalue weighted by Crippen LogP contribution is 2.25. The second-order valence-corrected chi connectivity index (χ2v) is 3.47. The van der Waals surface area contributed by atoms with Crippen molar-refractivity contribution in [3.8, 4) is 5.75 Å². The summed E-state index contributed by atoms with van der Waals surface area (Å²) in [6.07, 6.45) is -4.31. The molecule has 0 aliphatic rings. The SMILES string of the molecule is COc1ccccc1C(CO)NCC(F)(F)F. The van der Waals surface area contributed by atoms with Crippen LogP contribution in [0.25, 0.3) is 0 Å². The number of rotatable bonds is 5. The minimum atomic E-state index is -4.31. The normalized spacial score (nSPS) is 13.5. The minimum absolute atomic E-state index is 0.434. The standard InChI is InChI=1S/C11H14F3NO2/c1-17-10-5-3-2-4-8(10)9(6-16)15-7-11(12,13)14/h2-5,9,15-16H,6-7H2,1H3. The summed E-state index contributed by atoms with van der Waals surface area (Å²) in [5.74, 6) is 0.446. The van der Waals surface area contributed by atoms with Gasteiger partial charge in [0.15, 0.2) is 0 Å². The Kier molecular flexibility index (Phi) is 4.77. The zero-order valence-corrected chi connectivity index (χ0v) is 9.29. The summed E-state index contributed by atoms with van der Waals surface area (Å²) in [6.45, 7) is -1.59. The van der Waals surface area contributed by atoms with E-state index in [0.717, 1.165) is 0 Å². The fourth-order valence-corrected chi connectivity index (χ4v) is 1.47. The summed E-state index contributed by atoms with van der Waals surface area (Å²) in [7, 11) is 1.43. The van der Waals surface area contributed by atoms with Crippen molar-refractivity contribution in [3.05, 3.63) is 29.8 Å². The van der Waals surface area contributed by atoms with Gasteiger partial charge in [0.05, 0.1) is 26.3 Å². The lowest BCUT2D eigenvalue weighted by Crippen LogP contribution is -2.33. The van der Waals surface area contributed by atoms with E-state index in [1.807, 2.05) is 0 Å². The third kappa shape index (κ3) is 4.24. The predicted octanol–water partition coefficient (Wildman–Crippen LogP) is 1.88. The Morgan fingerprint density at radius 3 is 2.53 bits per heavy atom. The number of nitrogens with one attached hydrogen (secondary N) is 1. The molecule has 0 aliphatic carbocycles. The molecule has 17 heavy (non-hydrogen) atoms. The molecule has 0 radical (unpaired) electrons. The van der Waals surface area contributed by atoms with Crippen molar-refractivity contribution >= 4 is 0 Å². The van der Waals surface area contributed by atoms with E-state index in [9.17, 15) is 13.2 Å². The smallest absolute Gasteiger partial charge is 0.401 e. The third-order valence-corrected chi connectivity index (χ3v) is 2.25. The van der Waals surface area contributed by atoms with Crippen LogP contribution in [0, 0.1) is 0 Å². The average Bonchev–Trinajstić information content (AvgIpc) is 2.29. The van der Waals surface area contributed by atoms with E-state index in [1.165, 1.54) is 7.11 Å². The number of aliphatic hydroxyl groups excluding tert-OH is 1. The van der Waals surface area contributed by atoms with Crippen molar-refractivity contribution in [2.24, 2.45) is 0 Å². The second kappa shape index (κ2) is 5.88. The van der Waals surface area contributed by atoms with E-state index >= 15 is 0 Å². The molecular formula is C11H14F3NO2. The molecule has 0 bridgehead atoms. The van der Waals surface area contributed by atoms with Gasteiger partial charge in [-0.05, 0) is 6.07 Å². The van der Waals surface area contributed by atoms with Crippen LogP contribution in [0.4, 0.5) is 13.2 Å². The van der Waals surface area contributed by atoms with E-state index < -0.39 is 25.4 Å². The number of hydrogen-bond acceptors (Lipinski definition) is 3. The van der Waals surface area contributed by atoms with Crippen molar-refractivity contribution in [2.75, 3.05) is 20.3 Å². The van der Waals surface area contributed by atoms with Gasteiger partial charge in [-0.2, -0.15) is 13.2 Å². The van der Waals surface area contributed by atoms with Gasteiger partial charge in [0, 0.05) is 5.56 Å². The number of ether oxygens (including phenoxy) is 1. The molecule has 1 aromatic rings. The lowest BCUT2D eigenvalue weighted by molar-refractivity contribution is -0.126. The van der Waals surface area contributed by atoms with Gasteiger partial charge in [-0.25, -0.2) is 0 Å². The van der Waals surface area contributed by atoms with Crippen LogP contribution in [0.2, 0.25) is 0 Å². The van der Waals surface area contributed by atoms with Gasteiger partial charge in [-0.3, -0.25) is 5.32 Å². The van der Waals surface area contributed by atoms with E-state index in [1.54, 1.807) is 24.3 Å². The molecule has 0 heterocycles. The first-order chi connectivity index (χ1) is 7.98. The first-order valence-electron chi connectivity index (χ1n) is 5.02. The van der Waals surface area contributed by atoms with Crippen LogP contribution < -0.4 is 10.1 Å². The summed E-state index contributed by atoms with van der Waals surface area (Å²) < 4.78 is 41.3. The Morgan fingerprint density at radius 2 is 2.00 bits per heavy atom. The molecule has 0 spiro atoms. The lowest BCUT2D eigenvalue weighted by atomic mass is 10.1. The molecule has 1 aromatic carbocycles. The first kappa shape index (κ1) is 13.8. The average molecular weight is 249 g/mol. The van der Waals surface area contributed by atoms with E-state index in [2.05, 4.69) is 5.32 Å². The van der Waals surface area contributed by atoms with Crippen molar-refractivity contribution in [2.45, 2.75) is 12.2 Å². The number of para-hydroxylation sites is 1. The summed E-state index contributed by atoms with van der Waals surface area (Å²) in [5, 5.41) is 11.4. The van der Waals surface area contributed by atoms with E-state index in [4.69, 9.17) is 9.84 Å². The van der Waals surface area contributed by atoms with Gasteiger partial charge >= 0.3 is 6.18 Å². The number of alkyl halides is 3. The van der Waals surface area contributed by atoms with Gasteiger partial charge in [0.25, 0.3) is 0 Å². The van der Waals surface area contributed by atoms with E-state index in [0.29, 0.717) is 11.3 Å². The van der Waals surface area contributed by atoms with Crippen LogP contribution >= 0.6 is 0 Å². The van der Waals surface area contributed by atoms with Gasteiger partial charge < -0.3 is 9.84 Å². The zero-order chi connectivity index (χ0) is 12.9. The predicted molar refractivity (Wildman–Crippen MR) is 56.9 cm³/mol. The molecule has 1 rings (SSSR count). The van der Waals surface area contributed by atoms with Crippen molar-refractivity contribution < 1.29 is 23.0 Å². The molecule has 0 fully saturated rings. The minimum Gasteiger partial charge on any atom is -0.496 e. The van der Waals surface area contributed by atoms with Gasteiger partial charge in [-0.15, -0.1) is 0 Å². The van der Waals surface area contributed by atoms with Crippen LogP contribution in [0.5, 0.6) is 5.75 Å². The highest BCUT2D eigenvalue weighted by molar-refractivity contribution is 5.35. The summed E-state index contributed by atoms with van der Waals surface area (Å²) >= 11 is 0. The molecule has 2 N–H and O–H groups in total. The Balaban J connectivity index is 2.79. The molecular weight excluding hydrogens is 235 g/mol. The second-order valence-electron chi connectivity index (χ2n) is 3.47. The van der Waals surface area contributed by atoms with E-state index in [-0.39, 0.29) is 0 Å². The number of halogens is 3. The monoisotopic (exact) mass is 249 g/mol. The molecule has 1 unspecified atom stereocenters. The Bertz CT molecular complexity index is 355. The van der Waals surface area contributed by atoms with Crippen molar-refractivity contribution in [1.82, 2.24) is 5.32 Å². The van der Waals surface area contributed by atoms with Crippen LogP contribution in [-0.2, 0) is 0 Å². The molecule has 3 nitrogen and oxygen atoms in total. The first-order valence-corrected chi connectivity index (χ1v) is 5.02. The summed E-state index contributed by atoms with van der Waals surface area (Å²) in [5.41, 5.74) is 0.502. The topological polar surface area (TPSA) is 41.5 Å².